The number of nitrogens with one attached hydrogen (secondary N) is 1. The van der Waals surface area contributed by atoms with Crippen molar-refractivity contribution < 1.29 is 4.79 Å². The van der Waals surface area contributed by atoms with Gasteiger partial charge in [-0.05, 0) is 16.8 Å². The first-order valence-electron chi connectivity index (χ1n) is 6.34. The minimum Gasteiger partial charge on any atom is -0.336 e. The van der Waals surface area contributed by atoms with Gasteiger partial charge in [0.1, 0.15) is 0 Å². The van der Waals surface area contributed by atoms with Crippen molar-refractivity contribution in [2.45, 2.75) is 0 Å². The van der Waals surface area contributed by atoms with Crippen molar-refractivity contribution in [3.8, 4) is 0 Å². The first-order chi connectivity index (χ1) is 8.86. The SMILES string of the molecule is O=C(c1cccc2ccccc12)N1CCNCC1. The molecule has 0 atom stereocenters. The van der Waals surface area contributed by atoms with E-state index in [1.807, 2.05) is 47.4 Å². The number of hydrogen-bond donors (Lipinski definition) is 1. The van der Waals surface area contributed by atoms with Gasteiger partial charge >= 0.3 is 0 Å². The van der Waals surface area contributed by atoms with Crippen molar-refractivity contribution in [2.75, 3.05) is 26.2 Å². The van der Waals surface area contributed by atoms with Crippen LogP contribution in [0.15, 0.2) is 42.5 Å². The Labute approximate surface area is 106 Å². The maximum atomic E-state index is 12.5. The Morgan fingerprint density at radius 2 is 1.72 bits per heavy atom. The molecule has 1 heterocycles. The number of benzene rings is 2. The van der Waals surface area contributed by atoms with Crippen LogP contribution in [0.3, 0.4) is 0 Å². The van der Waals surface area contributed by atoms with E-state index in [9.17, 15) is 4.79 Å². The maximum absolute atomic E-state index is 12.5. The molecule has 0 bridgehead atoms. The Kier molecular flexibility index (Phi) is 2.99. The van der Waals surface area contributed by atoms with E-state index in [0.717, 1.165) is 42.5 Å². The van der Waals surface area contributed by atoms with Gasteiger partial charge in [0.15, 0.2) is 0 Å². The summed E-state index contributed by atoms with van der Waals surface area (Å²) < 4.78 is 0. The summed E-state index contributed by atoms with van der Waals surface area (Å²) in [6, 6.07) is 14.0. The van der Waals surface area contributed by atoms with Crippen LogP contribution in [0, 0.1) is 0 Å². The first kappa shape index (κ1) is 11.2. The Morgan fingerprint density at radius 1 is 1.00 bits per heavy atom. The van der Waals surface area contributed by atoms with E-state index in [2.05, 4.69) is 5.32 Å². The minimum absolute atomic E-state index is 0.147. The van der Waals surface area contributed by atoms with E-state index in [4.69, 9.17) is 0 Å². The number of fused-ring (bicyclic) bond motifs is 1. The van der Waals surface area contributed by atoms with Gasteiger partial charge in [-0.1, -0.05) is 36.4 Å². The summed E-state index contributed by atoms with van der Waals surface area (Å²) in [5.41, 5.74) is 0.815. The van der Waals surface area contributed by atoms with Crippen LogP contribution in [0.1, 0.15) is 10.4 Å². The molecule has 92 valence electrons. The Balaban J connectivity index is 2.00. The van der Waals surface area contributed by atoms with Gasteiger partial charge in [-0.25, -0.2) is 0 Å². The average Bonchev–Trinajstić information content (AvgIpc) is 2.47. The largest absolute Gasteiger partial charge is 0.336 e. The molecule has 0 radical (unpaired) electrons. The van der Waals surface area contributed by atoms with Crippen LogP contribution in [-0.4, -0.2) is 37.0 Å². The van der Waals surface area contributed by atoms with E-state index in [-0.39, 0.29) is 5.91 Å². The fourth-order valence-electron chi connectivity index (χ4n) is 2.45. The fourth-order valence-corrected chi connectivity index (χ4v) is 2.45. The summed E-state index contributed by atoms with van der Waals surface area (Å²) in [5.74, 6) is 0.147. The third kappa shape index (κ3) is 1.97. The Bertz CT molecular complexity index is 568. The van der Waals surface area contributed by atoms with Gasteiger partial charge in [0.2, 0.25) is 0 Å². The Hall–Kier alpha value is -1.87. The third-order valence-corrected chi connectivity index (χ3v) is 3.42. The molecule has 0 saturated carbocycles. The van der Waals surface area contributed by atoms with Crippen LogP contribution < -0.4 is 5.32 Å². The van der Waals surface area contributed by atoms with Gasteiger partial charge < -0.3 is 10.2 Å². The summed E-state index contributed by atoms with van der Waals surface area (Å²) in [6.45, 7) is 3.36. The summed E-state index contributed by atoms with van der Waals surface area (Å²) in [6.07, 6.45) is 0. The second kappa shape index (κ2) is 4.78. The molecule has 1 saturated heterocycles. The quantitative estimate of drug-likeness (QED) is 0.825. The molecule has 0 spiro atoms. The van der Waals surface area contributed by atoms with E-state index >= 15 is 0 Å². The number of amides is 1. The molecule has 3 heteroatoms. The summed E-state index contributed by atoms with van der Waals surface area (Å²) in [7, 11) is 0. The monoisotopic (exact) mass is 240 g/mol. The number of carbonyl (C=O) groups is 1. The molecule has 1 fully saturated rings. The fraction of sp³-hybridized carbons (Fsp3) is 0.267. The van der Waals surface area contributed by atoms with Crippen LogP contribution in [-0.2, 0) is 0 Å². The number of nitrogens with zero attached hydrogens (tertiary/aromatic N) is 1. The zero-order chi connectivity index (χ0) is 12.4. The molecule has 1 aliphatic heterocycles. The lowest BCUT2D eigenvalue weighted by Crippen LogP contribution is -2.46. The van der Waals surface area contributed by atoms with Crippen molar-refractivity contribution in [3.63, 3.8) is 0 Å². The molecule has 0 unspecified atom stereocenters. The highest BCUT2D eigenvalue weighted by Gasteiger charge is 2.19. The van der Waals surface area contributed by atoms with Crippen molar-refractivity contribution in [1.29, 1.82) is 0 Å². The normalized spacial score (nSPS) is 15.9. The molecule has 3 rings (SSSR count). The number of rotatable bonds is 1. The Morgan fingerprint density at radius 3 is 2.56 bits per heavy atom. The van der Waals surface area contributed by atoms with Crippen LogP contribution in [0.4, 0.5) is 0 Å². The molecule has 2 aromatic rings. The van der Waals surface area contributed by atoms with Gasteiger partial charge in [0, 0.05) is 31.7 Å². The van der Waals surface area contributed by atoms with Crippen LogP contribution in [0.25, 0.3) is 10.8 Å². The minimum atomic E-state index is 0.147. The summed E-state index contributed by atoms with van der Waals surface area (Å²) >= 11 is 0. The highest BCUT2D eigenvalue weighted by atomic mass is 16.2. The maximum Gasteiger partial charge on any atom is 0.254 e. The first-order valence-corrected chi connectivity index (χ1v) is 6.34. The number of piperazine rings is 1. The van der Waals surface area contributed by atoms with Gasteiger partial charge in [-0.2, -0.15) is 0 Å². The molecule has 2 aromatic carbocycles. The second-order valence-corrected chi connectivity index (χ2v) is 4.57. The van der Waals surface area contributed by atoms with Crippen LogP contribution in [0.5, 0.6) is 0 Å². The van der Waals surface area contributed by atoms with Crippen molar-refractivity contribution >= 4 is 16.7 Å². The zero-order valence-corrected chi connectivity index (χ0v) is 10.2. The molecule has 0 aromatic heterocycles. The molecule has 1 amide bonds. The molecular weight excluding hydrogens is 224 g/mol. The zero-order valence-electron chi connectivity index (χ0n) is 10.2. The van der Waals surface area contributed by atoms with Crippen molar-refractivity contribution in [2.24, 2.45) is 0 Å². The summed E-state index contributed by atoms with van der Waals surface area (Å²) in [4.78, 5) is 14.4. The van der Waals surface area contributed by atoms with Gasteiger partial charge in [-0.3, -0.25) is 4.79 Å². The lowest BCUT2D eigenvalue weighted by molar-refractivity contribution is 0.0738. The summed E-state index contributed by atoms with van der Waals surface area (Å²) in [5, 5.41) is 5.43. The van der Waals surface area contributed by atoms with Crippen molar-refractivity contribution in [3.05, 3.63) is 48.0 Å². The molecule has 1 aliphatic rings. The van der Waals surface area contributed by atoms with Crippen molar-refractivity contribution in [1.82, 2.24) is 10.2 Å². The average molecular weight is 240 g/mol. The molecule has 18 heavy (non-hydrogen) atoms. The van der Waals surface area contributed by atoms with Crippen LogP contribution >= 0.6 is 0 Å². The van der Waals surface area contributed by atoms with Crippen LogP contribution in [0.2, 0.25) is 0 Å². The van der Waals surface area contributed by atoms with Gasteiger partial charge in [0.05, 0.1) is 0 Å². The lowest BCUT2D eigenvalue weighted by Gasteiger charge is -2.27. The third-order valence-electron chi connectivity index (χ3n) is 3.42. The van der Waals surface area contributed by atoms with E-state index in [1.54, 1.807) is 0 Å². The predicted molar refractivity (Wildman–Crippen MR) is 72.7 cm³/mol. The second-order valence-electron chi connectivity index (χ2n) is 4.57. The van der Waals surface area contributed by atoms with Gasteiger partial charge in [-0.15, -0.1) is 0 Å². The predicted octanol–water partition coefficient (Wildman–Crippen LogP) is 1.89. The molecule has 3 nitrogen and oxygen atoms in total. The smallest absolute Gasteiger partial charge is 0.254 e. The van der Waals surface area contributed by atoms with E-state index in [1.165, 1.54) is 0 Å². The standard InChI is InChI=1S/C15H16N2O/c18-15(17-10-8-16-9-11-17)14-7-3-5-12-4-1-2-6-13(12)14/h1-7,16H,8-11H2. The highest BCUT2D eigenvalue weighted by molar-refractivity contribution is 6.07. The van der Waals surface area contributed by atoms with E-state index in [0.29, 0.717) is 0 Å². The molecular formula is C15H16N2O. The van der Waals surface area contributed by atoms with E-state index < -0.39 is 0 Å². The highest BCUT2D eigenvalue weighted by Crippen LogP contribution is 2.20. The molecule has 0 aliphatic carbocycles. The topological polar surface area (TPSA) is 32.3 Å². The van der Waals surface area contributed by atoms with Gasteiger partial charge in [0.25, 0.3) is 5.91 Å². The lowest BCUT2D eigenvalue weighted by atomic mass is 10.0. The molecule has 1 N–H and O–H groups in total. The number of carbonyl (C=O) groups excluding carboxylic acids is 1. The number of hydrogen-bond acceptors (Lipinski definition) is 2.